The van der Waals surface area contributed by atoms with Crippen molar-refractivity contribution in [2.45, 2.75) is 37.2 Å². The van der Waals surface area contributed by atoms with E-state index in [9.17, 15) is 5.11 Å². The maximum absolute atomic E-state index is 10.1. The first-order valence-corrected chi connectivity index (χ1v) is 8.47. The summed E-state index contributed by atoms with van der Waals surface area (Å²) in [5, 5.41) is 21.5. The van der Waals surface area contributed by atoms with E-state index in [4.69, 9.17) is 10.5 Å². The molecule has 2 aliphatic rings. The fourth-order valence-corrected chi connectivity index (χ4v) is 4.00. The van der Waals surface area contributed by atoms with Crippen molar-refractivity contribution in [3.05, 3.63) is 36.5 Å². The molecule has 0 saturated carbocycles. The van der Waals surface area contributed by atoms with Crippen LogP contribution in [0.5, 0.6) is 0 Å². The molecule has 5 N–H and O–H groups in total. The lowest BCUT2D eigenvalue weighted by molar-refractivity contribution is 0.0494. The van der Waals surface area contributed by atoms with Crippen molar-refractivity contribution in [3.63, 3.8) is 0 Å². The summed E-state index contributed by atoms with van der Waals surface area (Å²) in [6.07, 6.45) is 2.95. The number of nitrogens with zero attached hydrogens (tertiary/aromatic N) is 2. The molecule has 2 fully saturated rings. The highest BCUT2D eigenvalue weighted by molar-refractivity contribution is 5.95. The lowest BCUT2D eigenvalue weighted by Gasteiger charge is -2.25. The van der Waals surface area contributed by atoms with Crippen LogP contribution in [0.25, 0.3) is 22.2 Å². The zero-order chi connectivity index (χ0) is 17.0. The Morgan fingerprint density at radius 1 is 1.24 bits per heavy atom. The van der Waals surface area contributed by atoms with Crippen LogP contribution in [0.15, 0.2) is 36.5 Å². The molecule has 25 heavy (non-hydrogen) atoms. The van der Waals surface area contributed by atoms with Gasteiger partial charge in [0.2, 0.25) is 0 Å². The predicted octanol–water partition coefficient (Wildman–Crippen LogP) is 1.91. The van der Waals surface area contributed by atoms with Gasteiger partial charge in [-0.3, -0.25) is 5.10 Å². The van der Waals surface area contributed by atoms with Crippen molar-refractivity contribution in [3.8, 4) is 11.3 Å². The minimum absolute atomic E-state index is 0.0889. The number of hydrogen-bond donors (Lipinski definition) is 4. The van der Waals surface area contributed by atoms with Gasteiger partial charge < -0.3 is 20.9 Å². The molecule has 0 spiro atoms. The molecule has 4 atom stereocenters. The number of rotatable bonds is 3. The molecule has 0 unspecified atom stereocenters. The van der Waals surface area contributed by atoms with E-state index in [0.717, 1.165) is 40.7 Å². The quantitative estimate of drug-likeness (QED) is 0.581. The zero-order valence-electron chi connectivity index (χ0n) is 13.5. The summed E-state index contributed by atoms with van der Waals surface area (Å²) >= 11 is 0. The van der Waals surface area contributed by atoms with Gasteiger partial charge in [-0.05, 0) is 18.6 Å². The van der Waals surface area contributed by atoms with Crippen molar-refractivity contribution in [2.75, 3.05) is 11.1 Å². The lowest BCUT2D eigenvalue weighted by atomic mass is 9.92. The van der Waals surface area contributed by atoms with Crippen LogP contribution in [0.1, 0.15) is 12.8 Å². The van der Waals surface area contributed by atoms with E-state index in [-0.39, 0.29) is 18.2 Å². The van der Waals surface area contributed by atoms with Crippen molar-refractivity contribution < 1.29 is 9.84 Å². The second-order valence-corrected chi connectivity index (χ2v) is 6.81. The number of ether oxygens (including phenoxy) is 1. The number of aliphatic hydroxyl groups is 1. The second-order valence-electron chi connectivity index (χ2n) is 6.81. The highest BCUT2D eigenvalue weighted by atomic mass is 16.5. The molecular formula is C18H19N5O2. The van der Waals surface area contributed by atoms with E-state index in [1.54, 1.807) is 6.20 Å². The maximum Gasteiger partial charge on any atom is 0.126 e. The summed E-state index contributed by atoms with van der Waals surface area (Å²) in [5.74, 6) is 0.460. The molecule has 0 radical (unpaired) electrons. The van der Waals surface area contributed by atoms with Gasteiger partial charge in [-0.15, -0.1) is 0 Å². The Morgan fingerprint density at radius 2 is 2.16 bits per heavy atom. The monoisotopic (exact) mass is 337 g/mol. The minimum atomic E-state index is -0.395. The Bertz CT molecular complexity index is 927. The molecule has 2 aliphatic heterocycles. The normalized spacial score (nSPS) is 27.9. The Balaban J connectivity index is 1.52. The first-order valence-electron chi connectivity index (χ1n) is 8.47. The van der Waals surface area contributed by atoms with Crippen molar-refractivity contribution in [1.29, 1.82) is 0 Å². The molecule has 7 nitrogen and oxygen atoms in total. The minimum Gasteiger partial charge on any atom is -0.390 e. The third-order valence-electron chi connectivity index (χ3n) is 5.13. The molecule has 2 saturated heterocycles. The van der Waals surface area contributed by atoms with Crippen LogP contribution in [-0.4, -0.2) is 44.6 Å². The SMILES string of the molecule is Nc1cc(N[C@H]2C[C@@H]3C[C@@H](O)[C@H]2O3)c2ccc(-c3ccn[nH]3)cc2n1. The summed E-state index contributed by atoms with van der Waals surface area (Å²) in [5.41, 5.74) is 9.70. The number of nitrogens with two attached hydrogens (primary N) is 1. The van der Waals surface area contributed by atoms with E-state index in [2.05, 4.69) is 20.5 Å². The molecule has 1 aromatic carbocycles. The van der Waals surface area contributed by atoms with Gasteiger partial charge in [0, 0.05) is 35.3 Å². The third kappa shape index (κ3) is 2.43. The number of aromatic amines is 1. The summed E-state index contributed by atoms with van der Waals surface area (Å²) in [6.45, 7) is 0. The Morgan fingerprint density at radius 3 is 2.92 bits per heavy atom. The number of hydrogen-bond acceptors (Lipinski definition) is 6. The van der Waals surface area contributed by atoms with Gasteiger partial charge in [0.25, 0.3) is 0 Å². The summed E-state index contributed by atoms with van der Waals surface area (Å²) < 4.78 is 5.81. The van der Waals surface area contributed by atoms with E-state index in [0.29, 0.717) is 5.82 Å². The van der Waals surface area contributed by atoms with Crippen molar-refractivity contribution >= 4 is 22.4 Å². The van der Waals surface area contributed by atoms with Gasteiger partial charge in [-0.25, -0.2) is 4.98 Å². The molecule has 7 heteroatoms. The molecule has 0 amide bonds. The summed E-state index contributed by atoms with van der Waals surface area (Å²) in [7, 11) is 0. The standard InChI is InChI=1S/C18H19N5O2/c19-17-8-14(21-15-6-10-7-16(24)18(15)25-10)11-2-1-9(5-13(11)22-17)12-3-4-20-23-12/h1-5,8,10,15-16,18,24H,6-7H2,(H,20,23)(H3,19,21,22)/t10-,15+,16-,18+/m1/s1. The number of aliphatic hydroxyl groups excluding tert-OH is 1. The Hall–Kier alpha value is -2.64. The molecule has 128 valence electrons. The number of H-pyrrole nitrogens is 1. The third-order valence-corrected chi connectivity index (χ3v) is 5.13. The fraction of sp³-hybridized carbons (Fsp3) is 0.333. The smallest absolute Gasteiger partial charge is 0.126 e. The number of pyridine rings is 1. The fourth-order valence-electron chi connectivity index (χ4n) is 4.00. The van der Waals surface area contributed by atoms with Crippen LogP contribution in [0, 0.1) is 0 Å². The number of anilines is 2. The van der Waals surface area contributed by atoms with E-state index in [1.165, 1.54) is 0 Å². The molecule has 2 aromatic heterocycles. The second kappa shape index (κ2) is 5.44. The highest BCUT2D eigenvalue weighted by Crippen LogP contribution is 2.38. The van der Waals surface area contributed by atoms with Gasteiger partial charge in [-0.1, -0.05) is 12.1 Å². The number of nitrogens with one attached hydrogen (secondary N) is 2. The lowest BCUT2D eigenvalue weighted by Crippen LogP contribution is -2.39. The Kier molecular flexibility index (Phi) is 3.19. The average molecular weight is 337 g/mol. The van der Waals surface area contributed by atoms with Gasteiger partial charge in [0.05, 0.1) is 29.5 Å². The molecule has 3 aromatic rings. The van der Waals surface area contributed by atoms with Crippen LogP contribution < -0.4 is 11.1 Å². The van der Waals surface area contributed by atoms with Crippen LogP contribution in [0.4, 0.5) is 11.5 Å². The molecule has 0 aliphatic carbocycles. The van der Waals surface area contributed by atoms with Crippen LogP contribution in [0.3, 0.4) is 0 Å². The van der Waals surface area contributed by atoms with Crippen molar-refractivity contribution in [2.24, 2.45) is 0 Å². The molecule has 4 heterocycles. The number of aromatic nitrogens is 3. The number of fused-ring (bicyclic) bond motifs is 3. The maximum atomic E-state index is 10.1. The predicted molar refractivity (Wildman–Crippen MR) is 95.0 cm³/mol. The molecular weight excluding hydrogens is 318 g/mol. The first kappa shape index (κ1) is 14.7. The number of benzene rings is 1. The average Bonchev–Trinajstić information content (AvgIpc) is 3.30. The molecule has 5 rings (SSSR count). The first-order chi connectivity index (χ1) is 12.2. The summed E-state index contributed by atoms with van der Waals surface area (Å²) in [6, 6.07) is 9.91. The van der Waals surface area contributed by atoms with Crippen LogP contribution >= 0.6 is 0 Å². The van der Waals surface area contributed by atoms with Crippen LogP contribution in [-0.2, 0) is 4.74 Å². The Labute approximate surface area is 144 Å². The van der Waals surface area contributed by atoms with E-state index < -0.39 is 6.10 Å². The van der Waals surface area contributed by atoms with Gasteiger partial charge >= 0.3 is 0 Å². The van der Waals surface area contributed by atoms with Gasteiger partial charge in [0.15, 0.2) is 0 Å². The largest absolute Gasteiger partial charge is 0.390 e. The zero-order valence-corrected chi connectivity index (χ0v) is 13.5. The van der Waals surface area contributed by atoms with Crippen LogP contribution in [0.2, 0.25) is 0 Å². The molecule has 2 bridgehead atoms. The number of nitrogen functional groups attached to an aromatic ring is 1. The van der Waals surface area contributed by atoms with Gasteiger partial charge in [0.1, 0.15) is 11.9 Å². The summed E-state index contributed by atoms with van der Waals surface area (Å²) in [4.78, 5) is 4.47. The van der Waals surface area contributed by atoms with E-state index >= 15 is 0 Å². The van der Waals surface area contributed by atoms with Gasteiger partial charge in [-0.2, -0.15) is 5.10 Å². The topological polar surface area (TPSA) is 109 Å². The highest BCUT2D eigenvalue weighted by Gasteiger charge is 2.47. The van der Waals surface area contributed by atoms with Crippen molar-refractivity contribution in [1.82, 2.24) is 15.2 Å². The van der Waals surface area contributed by atoms with E-state index in [1.807, 2.05) is 30.3 Å².